The Kier molecular flexibility index (Phi) is 6.99. The molecular weight excluding hydrogens is 349 g/mol. The number of halogens is 3. The lowest BCUT2D eigenvalue weighted by atomic mass is 10.2. The predicted octanol–water partition coefficient (Wildman–Crippen LogP) is 3.67. The Morgan fingerprint density at radius 2 is 1.77 bits per heavy atom. The maximum absolute atomic E-state index is 13.0. The van der Waals surface area contributed by atoms with Crippen LogP contribution in [0.1, 0.15) is 5.56 Å². The fraction of sp³-hybridized carbons (Fsp3) is 0.278. The number of amides is 1. The van der Waals surface area contributed by atoms with Crippen molar-refractivity contribution in [2.45, 2.75) is 6.18 Å². The highest BCUT2D eigenvalue weighted by Gasteiger charge is 2.34. The van der Waals surface area contributed by atoms with Crippen LogP contribution in [0.4, 0.5) is 18.9 Å². The van der Waals surface area contributed by atoms with E-state index < -0.39 is 11.7 Å². The lowest BCUT2D eigenvalue weighted by molar-refractivity contribution is -0.138. The molecule has 140 valence electrons. The van der Waals surface area contributed by atoms with Crippen molar-refractivity contribution in [3.63, 3.8) is 0 Å². The minimum atomic E-state index is -4.50. The van der Waals surface area contributed by atoms with Crippen LogP contribution in [0, 0.1) is 0 Å². The number of nitrogens with one attached hydrogen (secondary N) is 2. The van der Waals surface area contributed by atoms with Crippen LogP contribution in [0.2, 0.25) is 0 Å². The fourth-order valence-corrected chi connectivity index (χ4v) is 2.10. The van der Waals surface area contributed by atoms with Crippen LogP contribution in [-0.4, -0.2) is 32.7 Å². The normalized spacial score (nSPS) is 11.2. The molecule has 8 heteroatoms. The molecular formula is C18H19F3N2O3. The molecule has 1 amide bonds. The van der Waals surface area contributed by atoms with Crippen LogP contribution in [0.5, 0.6) is 11.5 Å². The van der Waals surface area contributed by atoms with Crippen molar-refractivity contribution in [2.24, 2.45) is 0 Å². The number of hydrogen-bond acceptors (Lipinski definition) is 4. The molecule has 0 fully saturated rings. The third kappa shape index (κ3) is 6.05. The number of carbonyl (C=O) groups is 1. The van der Waals surface area contributed by atoms with Crippen molar-refractivity contribution in [3.05, 3.63) is 54.1 Å². The molecule has 2 rings (SSSR count). The van der Waals surface area contributed by atoms with E-state index in [1.807, 2.05) is 0 Å². The van der Waals surface area contributed by atoms with Crippen LogP contribution < -0.4 is 15.4 Å². The van der Waals surface area contributed by atoms with E-state index in [0.29, 0.717) is 18.8 Å². The Hall–Kier alpha value is -2.58. The predicted molar refractivity (Wildman–Crippen MR) is 91.3 cm³/mol. The monoisotopic (exact) mass is 368 g/mol. The van der Waals surface area contributed by atoms with Crippen molar-refractivity contribution < 1.29 is 27.4 Å². The van der Waals surface area contributed by atoms with Gasteiger partial charge in [0.2, 0.25) is 5.91 Å². The summed E-state index contributed by atoms with van der Waals surface area (Å²) < 4.78 is 49.1. The lowest BCUT2D eigenvalue weighted by Gasteiger charge is -2.13. The molecule has 0 aliphatic rings. The molecule has 2 aromatic carbocycles. The Labute approximate surface area is 149 Å². The summed E-state index contributed by atoms with van der Waals surface area (Å²) in [7, 11) is 1.57. The van der Waals surface area contributed by atoms with Crippen LogP contribution in [0.3, 0.4) is 0 Å². The van der Waals surface area contributed by atoms with Crippen molar-refractivity contribution in [1.29, 1.82) is 0 Å². The molecule has 0 atom stereocenters. The molecule has 5 nitrogen and oxygen atoms in total. The van der Waals surface area contributed by atoms with Gasteiger partial charge >= 0.3 is 6.18 Å². The first kappa shape index (κ1) is 19.7. The van der Waals surface area contributed by atoms with Crippen LogP contribution >= 0.6 is 0 Å². The average Bonchev–Trinajstić information content (AvgIpc) is 2.60. The van der Waals surface area contributed by atoms with Gasteiger partial charge in [0.1, 0.15) is 11.5 Å². The van der Waals surface area contributed by atoms with E-state index in [9.17, 15) is 18.0 Å². The zero-order valence-electron chi connectivity index (χ0n) is 14.1. The second kappa shape index (κ2) is 9.21. The summed E-state index contributed by atoms with van der Waals surface area (Å²) >= 11 is 0. The minimum absolute atomic E-state index is 0.126. The van der Waals surface area contributed by atoms with E-state index in [4.69, 9.17) is 9.47 Å². The van der Waals surface area contributed by atoms with Crippen molar-refractivity contribution in [1.82, 2.24) is 5.32 Å². The molecule has 0 radical (unpaired) electrons. The van der Waals surface area contributed by atoms with Gasteiger partial charge in [0, 0.05) is 19.3 Å². The smallest absolute Gasteiger partial charge is 0.419 e. The zero-order valence-corrected chi connectivity index (χ0v) is 14.1. The van der Waals surface area contributed by atoms with E-state index >= 15 is 0 Å². The van der Waals surface area contributed by atoms with Crippen LogP contribution in [0.15, 0.2) is 48.5 Å². The third-order valence-electron chi connectivity index (χ3n) is 3.33. The standard InChI is InChI=1S/C18H19F3N2O3/c1-25-11-10-22-12-17(24)23-13-6-8-14(9-7-13)26-16-5-3-2-4-15(16)18(19,20)21/h2-9,22H,10-12H2,1H3,(H,23,24). The SMILES string of the molecule is COCCNCC(=O)Nc1ccc(Oc2ccccc2C(F)(F)F)cc1. The molecule has 26 heavy (non-hydrogen) atoms. The van der Waals surface area contributed by atoms with E-state index in [1.165, 1.54) is 30.3 Å². The first-order chi connectivity index (χ1) is 12.4. The Balaban J connectivity index is 1.95. The van der Waals surface area contributed by atoms with Crippen molar-refractivity contribution >= 4 is 11.6 Å². The molecule has 0 bridgehead atoms. The fourth-order valence-electron chi connectivity index (χ4n) is 2.10. The van der Waals surface area contributed by atoms with E-state index in [2.05, 4.69) is 10.6 Å². The van der Waals surface area contributed by atoms with E-state index in [0.717, 1.165) is 6.07 Å². The Bertz CT molecular complexity index is 718. The highest BCUT2D eigenvalue weighted by atomic mass is 19.4. The maximum atomic E-state index is 13.0. The molecule has 0 heterocycles. The molecule has 0 aliphatic heterocycles. The topological polar surface area (TPSA) is 59.6 Å². The number of rotatable bonds is 8. The summed E-state index contributed by atoms with van der Waals surface area (Å²) in [6, 6.07) is 11.1. The molecule has 0 unspecified atom stereocenters. The number of anilines is 1. The molecule has 0 saturated heterocycles. The molecule has 2 aromatic rings. The second-order valence-corrected chi connectivity index (χ2v) is 5.34. The Morgan fingerprint density at radius 1 is 1.08 bits per heavy atom. The van der Waals surface area contributed by atoms with Gasteiger partial charge in [-0.25, -0.2) is 0 Å². The van der Waals surface area contributed by atoms with Crippen molar-refractivity contribution in [3.8, 4) is 11.5 Å². The molecule has 0 spiro atoms. The summed E-state index contributed by atoms with van der Waals surface area (Å²) in [5.74, 6) is -0.283. The van der Waals surface area contributed by atoms with E-state index in [-0.39, 0.29) is 24.0 Å². The van der Waals surface area contributed by atoms with Gasteiger partial charge < -0.3 is 20.1 Å². The lowest BCUT2D eigenvalue weighted by Crippen LogP contribution is -2.30. The van der Waals surface area contributed by atoms with Gasteiger partial charge in [-0.15, -0.1) is 0 Å². The van der Waals surface area contributed by atoms with Gasteiger partial charge in [-0.2, -0.15) is 13.2 Å². The quantitative estimate of drug-likeness (QED) is 0.698. The van der Waals surface area contributed by atoms with Crippen molar-refractivity contribution in [2.75, 3.05) is 32.1 Å². The summed E-state index contributed by atoms with van der Waals surface area (Å²) in [6.45, 7) is 1.18. The van der Waals surface area contributed by atoms with Gasteiger partial charge in [0.25, 0.3) is 0 Å². The third-order valence-corrected chi connectivity index (χ3v) is 3.33. The molecule has 0 aromatic heterocycles. The summed E-state index contributed by atoms with van der Waals surface area (Å²) in [5, 5.41) is 5.57. The van der Waals surface area contributed by atoms with Gasteiger partial charge in [-0.3, -0.25) is 4.79 Å². The summed E-state index contributed by atoms with van der Waals surface area (Å²) in [6.07, 6.45) is -4.50. The second-order valence-electron chi connectivity index (χ2n) is 5.34. The zero-order chi connectivity index (χ0) is 19.0. The number of ether oxygens (including phenoxy) is 2. The maximum Gasteiger partial charge on any atom is 0.419 e. The van der Waals surface area contributed by atoms with Gasteiger partial charge in [0.15, 0.2) is 0 Å². The largest absolute Gasteiger partial charge is 0.457 e. The van der Waals surface area contributed by atoms with E-state index in [1.54, 1.807) is 19.2 Å². The highest BCUT2D eigenvalue weighted by Crippen LogP contribution is 2.37. The number of methoxy groups -OCH3 is 1. The first-order valence-electron chi connectivity index (χ1n) is 7.84. The number of para-hydroxylation sites is 1. The summed E-state index contributed by atoms with van der Waals surface area (Å²) in [4.78, 5) is 11.7. The minimum Gasteiger partial charge on any atom is -0.457 e. The van der Waals surface area contributed by atoms with Crippen LogP contribution in [-0.2, 0) is 15.7 Å². The molecule has 0 saturated carbocycles. The molecule has 2 N–H and O–H groups in total. The van der Waals surface area contributed by atoms with Gasteiger partial charge in [-0.05, 0) is 36.4 Å². The van der Waals surface area contributed by atoms with Gasteiger partial charge in [0.05, 0.1) is 18.7 Å². The number of alkyl halides is 3. The summed E-state index contributed by atoms with van der Waals surface area (Å²) in [5.41, 5.74) is -0.334. The number of carbonyl (C=O) groups excluding carboxylic acids is 1. The molecule has 0 aliphatic carbocycles. The van der Waals surface area contributed by atoms with Gasteiger partial charge in [-0.1, -0.05) is 12.1 Å². The average molecular weight is 368 g/mol. The van der Waals surface area contributed by atoms with Crippen LogP contribution in [0.25, 0.3) is 0 Å². The highest BCUT2D eigenvalue weighted by molar-refractivity contribution is 5.92. The number of hydrogen-bond donors (Lipinski definition) is 2. The first-order valence-corrected chi connectivity index (χ1v) is 7.84. The number of benzene rings is 2. The Morgan fingerprint density at radius 3 is 2.42 bits per heavy atom.